The predicted molar refractivity (Wildman–Crippen MR) is 89.8 cm³/mol. The van der Waals surface area contributed by atoms with Gasteiger partial charge in [-0.05, 0) is 37.4 Å². The molecule has 1 saturated heterocycles. The molecule has 1 aliphatic heterocycles. The topological polar surface area (TPSA) is 50.1 Å². The van der Waals surface area contributed by atoms with Crippen LogP contribution in [0.2, 0.25) is 0 Å². The van der Waals surface area contributed by atoms with E-state index in [0.29, 0.717) is 11.0 Å². The van der Waals surface area contributed by atoms with Crippen molar-refractivity contribution in [3.63, 3.8) is 0 Å². The molecule has 6 heteroatoms. The van der Waals surface area contributed by atoms with Crippen molar-refractivity contribution >= 4 is 23.0 Å². The minimum Gasteiger partial charge on any atom is -0.370 e. The van der Waals surface area contributed by atoms with Gasteiger partial charge in [0, 0.05) is 18.7 Å². The van der Waals surface area contributed by atoms with E-state index in [1.54, 1.807) is 4.90 Å². The third-order valence-corrected chi connectivity index (χ3v) is 4.62. The zero-order chi connectivity index (χ0) is 14.9. The fraction of sp³-hybridized carbons (Fsp3) is 0.867. The van der Waals surface area contributed by atoms with Gasteiger partial charge in [0.25, 0.3) is 0 Å². The van der Waals surface area contributed by atoms with Crippen molar-refractivity contribution in [1.82, 2.24) is 10.7 Å². The van der Waals surface area contributed by atoms with E-state index in [-0.39, 0.29) is 0 Å². The maximum Gasteiger partial charge on any atom is 0.186 e. The molecule has 2 fully saturated rings. The number of hydrazone groups is 1. The van der Waals surface area contributed by atoms with Gasteiger partial charge >= 0.3 is 0 Å². The molecule has 0 spiro atoms. The van der Waals surface area contributed by atoms with E-state index in [9.17, 15) is 0 Å². The molecule has 120 valence electrons. The van der Waals surface area contributed by atoms with Gasteiger partial charge in [-0.25, -0.2) is 0 Å². The smallest absolute Gasteiger partial charge is 0.186 e. The van der Waals surface area contributed by atoms with Crippen LogP contribution < -0.4 is 15.6 Å². The van der Waals surface area contributed by atoms with E-state index in [1.165, 1.54) is 31.5 Å². The lowest BCUT2D eigenvalue weighted by molar-refractivity contribution is -0.908. The third-order valence-electron chi connectivity index (χ3n) is 4.38. The summed E-state index contributed by atoms with van der Waals surface area (Å²) < 4.78 is 5.36. The maximum absolute atomic E-state index is 5.36. The van der Waals surface area contributed by atoms with E-state index < -0.39 is 0 Å². The lowest BCUT2D eigenvalue weighted by Crippen LogP contribution is -3.14. The van der Waals surface area contributed by atoms with Crippen LogP contribution in [-0.4, -0.2) is 50.2 Å². The Morgan fingerprint density at radius 1 is 1.38 bits per heavy atom. The Kier molecular flexibility index (Phi) is 7.39. The highest BCUT2D eigenvalue weighted by molar-refractivity contribution is 7.80. The Bertz CT molecular complexity index is 356. The number of thiocarbonyl (C=S) groups is 1. The molecule has 2 rings (SSSR count). The first-order chi connectivity index (χ1) is 10.3. The molecule has 1 saturated carbocycles. The highest BCUT2D eigenvalue weighted by Gasteiger charge is 2.16. The highest BCUT2D eigenvalue weighted by Crippen LogP contribution is 2.20. The molecule has 0 unspecified atom stereocenters. The van der Waals surface area contributed by atoms with Gasteiger partial charge in [0.05, 0.1) is 19.8 Å². The zero-order valence-corrected chi connectivity index (χ0v) is 13.9. The van der Waals surface area contributed by atoms with E-state index in [1.807, 2.05) is 0 Å². The SMILES string of the molecule is C[C@@H]1CCCC/C1=N/NC(=S)NCCC[NH+]1CCOCC1. The van der Waals surface area contributed by atoms with Gasteiger partial charge in [0.15, 0.2) is 5.11 Å². The second kappa shape index (κ2) is 9.33. The molecule has 0 bridgehead atoms. The summed E-state index contributed by atoms with van der Waals surface area (Å²) in [5, 5.41) is 8.37. The molecular formula is C15H29N4OS+. The monoisotopic (exact) mass is 313 g/mol. The molecule has 1 atom stereocenters. The number of rotatable bonds is 5. The van der Waals surface area contributed by atoms with Gasteiger partial charge in [-0.1, -0.05) is 13.3 Å². The maximum atomic E-state index is 5.36. The fourth-order valence-corrected chi connectivity index (χ4v) is 3.10. The molecule has 3 N–H and O–H groups in total. The largest absolute Gasteiger partial charge is 0.370 e. The first-order valence-corrected chi connectivity index (χ1v) is 8.68. The van der Waals surface area contributed by atoms with E-state index >= 15 is 0 Å². The molecule has 0 aromatic rings. The molecule has 0 aromatic carbocycles. The predicted octanol–water partition coefficient (Wildman–Crippen LogP) is 0.322. The van der Waals surface area contributed by atoms with E-state index in [4.69, 9.17) is 17.0 Å². The van der Waals surface area contributed by atoms with Crippen LogP contribution in [0, 0.1) is 5.92 Å². The number of morpholine rings is 1. The number of nitrogens with one attached hydrogen (secondary N) is 3. The summed E-state index contributed by atoms with van der Waals surface area (Å²) in [6, 6.07) is 0. The Morgan fingerprint density at radius 3 is 2.95 bits per heavy atom. The Labute approximate surface area is 133 Å². The van der Waals surface area contributed by atoms with Crippen molar-refractivity contribution in [2.45, 2.75) is 39.0 Å². The molecule has 1 aliphatic carbocycles. The highest BCUT2D eigenvalue weighted by atomic mass is 32.1. The van der Waals surface area contributed by atoms with Crippen LogP contribution >= 0.6 is 12.2 Å². The van der Waals surface area contributed by atoms with Crippen molar-refractivity contribution in [2.75, 3.05) is 39.4 Å². The molecule has 2 aliphatic rings. The minimum atomic E-state index is 0.596. The van der Waals surface area contributed by atoms with Gasteiger partial charge in [0.2, 0.25) is 0 Å². The lowest BCUT2D eigenvalue weighted by Gasteiger charge is -2.23. The van der Waals surface area contributed by atoms with Crippen molar-refractivity contribution in [3.05, 3.63) is 0 Å². The van der Waals surface area contributed by atoms with Gasteiger partial charge in [0.1, 0.15) is 13.1 Å². The second-order valence-corrected chi connectivity index (χ2v) is 6.49. The average Bonchev–Trinajstić information content (AvgIpc) is 2.52. The molecule has 21 heavy (non-hydrogen) atoms. The van der Waals surface area contributed by atoms with Crippen molar-refractivity contribution in [1.29, 1.82) is 0 Å². The van der Waals surface area contributed by atoms with Crippen molar-refractivity contribution in [2.24, 2.45) is 11.0 Å². The Balaban J connectivity index is 1.55. The number of hydrogen-bond acceptors (Lipinski definition) is 3. The summed E-state index contributed by atoms with van der Waals surface area (Å²) in [6.07, 6.45) is 6.07. The van der Waals surface area contributed by atoms with Crippen LogP contribution in [0.4, 0.5) is 0 Å². The standard InChI is InChI=1S/C15H28N4OS/c1-13-5-2-3-6-14(13)17-18-15(21)16-7-4-8-19-9-11-20-12-10-19/h13H,2-12H2,1H3,(H2,16,18,21)/p+1/b17-14-/t13-/m1/s1. The van der Waals surface area contributed by atoms with Crippen LogP contribution in [0.15, 0.2) is 5.10 Å². The summed E-state index contributed by atoms with van der Waals surface area (Å²) >= 11 is 5.27. The lowest BCUT2D eigenvalue weighted by atomic mass is 9.89. The average molecular weight is 313 g/mol. The summed E-state index contributed by atoms with van der Waals surface area (Å²) in [7, 11) is 0. The molecule has 0 aromatic heterocycles. The third kappa shape index (κ3) is 6.28. The Morgan fingerprint density at radius 2 is 2.19 bits per heavy atom. The first-order valence-electron chi connectivity index (χ1n) is 8.27. The molecular weight excluding hydrogens is 284 g/mol. The Hall–Kier alpha value is -0.720. The zero-order valence-electron chi connectivity index (χ0n) is 13.1. The summed E-state index contributed by atoms with van der Waals surface area (Å²) in [5.41, 5.74) is 4.27. The van der Waals surface area contributed by atoms with Gasteiger partial charge in [-0.15, -0.1) is 0 Å². The van der Waals surface area contributed by atoms with Crippen molar-refractivity contribution in [3.8, 4) is 0 Å². The van der Waals surface area contributed by atoms with Crippen LogP contribution in [0.1, 0.15) is 39.0 Å². The fourth-order valence-electron chi connectivity index (χ4n) is 2.95. The molecule has 0 radical (unpaired) electrons. The first kappa shape index (κ1) is 16.6. The van der Waals surface area contributed by atoms with Crippen molar-refractivity contribution < 1.29 is 9.64 Å². The van der Waals surface area contributed by atoms with Crippen LogP contribution in [0.5, 0.6) is 0 Å². The molecule has 5 nitrogen and oxygen atoms in total. The minimum absolute atomic E-state index is 0.596. The van der Waals surface area contributed by atoms with Gasteiger partial charge in [-0.3, -0.25) is 5.43 Å². The second-order valence-electron chi connectivity index (χ2n) is 6.08. The van der Waals surface area contributed by atoms with E-state index in [2.05, 4.69) is 22.8 Å². The molecule has 1 heterocycles. The van der Waals surface area contributed by atoms with Crippen LogP contribution in [0.25, 0.3) is 0 Å². The molecule has 0 amide bonds. The van der Waals surface area contributed by atoms with Gasteiger partial charge in [-0.2, -0.15) is 5.10 Å². The number of quaternary nitrogens is 1. The number of nitrogens with zero attached hydrogens (tertiary/aromatic N) is 1. The number of ether oxygens (including phenoxy) is 1. The van der Waals surface area contributed by atoms with Crippen LogP contribution in [0.3, 0.4) is 0 Å². The normalized spacial score (nSPS) is 25.8. The summed E-state index contributed by atoms with van der Waals surface area (Å²) in [6.45, 7) is 8.42. The van der Waals surface area contributed by atoms with E-state index in [0.717, 1.165) is 45.7 Å². The summed E-state index contributed by atoms with van der Waals surface area (Å²) in [5.74, 6) is 0.596. The van der Waals surface area contributed by atoms with Crippen LogP contribution in [-0.2, 0) is 4.74 Å². The quantitative estimate of drug-likeness (QED) is 0.389. The number of hydrogen-bond donors (Lipinski definition) is 3. The van der Waals surface area contributed by atoms with Gasteiger partial charge < -0.3 is 15.0 Å². The summed E-state index contributed by atoms with van der Waals surface area (Å²) in [4.78, 5) is 1.64.